The fourth-order valence-electron chi connectivity index (χ4n) is 3.25. The summed E-state index contributed by atoms with van der Waals surface area (Å²) < 4.78 is 0. The van der Waals surface area contributed by atoms with E-state index >= 15 is 0 Å². The molecule has 0 heterocycles. The minimum Gasteiger partial charge on any atom is -0.399 e. The van der Waals surface area contributed by atoms with Crippen LogP contribution in [0.5, 0.6) is 0 Å². The first-order chi connectivity index (χ1) is 11.3. The van der Waals surface area contributed by atoms with Crippen molar-refractivity contribution in [1.82, 2.24) is 0 Å². The van der Waals surface area contributed by atoms with Gasteiger partial charge in [0.1, 0.15) is 0 Å². The lowest BCUT2D eigenvalue weighted by molar-refractivity contribution is 0.855. The van der Waals surface area contributed by atoms with Crippen LogP contribution in [0.2, 0.25) is 0 Å². The van der Waals surface area contributed by atoms with Crippen LogP contribution in [0.15, 0.2) is 85.0 Å². The zero-order chi connectivity index (χ0) is 15.6. The molecule has 23 heavy (non-hydrogen) atoms. The standard InChI is InChI=1S/C22H19N/c23-22-14-20(16-6-2-1-3-7-16)13-21(15-22)19-11-10-17-8-4-5-9-18(17)12-19/h1-6,8-16H,7,23H2. The maximum absolute atomic E-state index is 6.17. The molecule has 0 aliphatic heterocycles. The number of benzene rings is 3. The van der Waals surface area contributed by atoms with Crippen LogP contribution in [0, 0.1) is 0 Å². The molecule has 1 aliphatic carbocycles. The fourth-order valence-corrected chi connectivity index (χ4v) is 3.25. The molecular weight excluding hydrogens is 278 g/mol. The average Bonchev–Trinajstić information content (AvgIpc) is 2.61. The third-order valence-corrected chi connectivity index (χ3v) is 4.47. The Kier molecular flexibility index (Phi) is 3.47. The Labute approximate surface area is 136 Å². The number of anilines is 1. The Morgan fingerprint density at radius 2 is 1.65 bits per heavy atom. The minimum absolute atomic E-state index is 0.419. The summed E-state index contributed by atoms with van der Waals surface area (Å²) in [7, 11) is 0. The smallest absolute Gasteiger partial charge is 0.0323 e. The maximum atomic E-state index is 6.17. The Hall–Kier alpha value is -2.80. The molecule has 3 aromatic rings. The third-order valence-electron chi connectivity index (χ3n) is 4.47. The Bertz CT molecular complexity index is 918. The number of hydrogen-bond donors (Lipinski definition) is 1. The summed E-state index contributed by atoms with van der Waals surface area (Å²) in [5.74, 6) is 0.419. The van der Waals surface area contributed by atoms with Crippen LogP contribution < -0.4 is 5.73 Å². The van der Waals surface area contributed by atoms with Crippen LogP contribution >= 0.6 is 0 Å². The Balaban J connectivity index is 1.79. The highest BCUT2D eigenvalue weighted by Gasteiger charge is 2.11. The predicted molar refractivity (Wildman–Crippen MR) is 99.4 cm³/mol. The van der Waals surface area contributed by atoms with Gasteiger partial charge in [0.15, 0.2) is 0 Å². The zero-order valence-electron chi connectivity index (χ0n) is 12.9. The van der Waals surface area contributed by atoms with Crippen molar-refractivity contribution in [3.05, 3.63) is 90.5 Å². The van der Waals surface area contributed by atoms with Crippen molar-refractivity contribution in [2.45, 2.75) is 12.3 Å². The van der Waals surface area contributed by atoms with Gasteiger partial charge >= 0.3 is 0 Å². The summed E-state index contributed by atoms with van der Waals surface area (Å²) in [6, 6.07) is 21.5. The number of nitrogen functional groups attached to an aromatic ring is 1. The van der Waals surface area contributed by atoms with Gasteiger partial charge in [-0.3, -0.25) is 0 Å². The van der Waals surface area contributed by atoms with Gasteiger partial charge in [-0.15, -0.1) is 0 Å². The first kappa shape index (κ1) is 13.8. The van der Waals surface area contributed by atoms with Gasteiger partial charge in [-0.2, -0.15) is 0 Å². The third kappa shape index (κ3) is 2.78. The van der Waals surface area contributed by atoms with Crippen molar-refractivity contribution in [3.8, 4) is 11.1 Å². The highest BCUT2D eigenvalue weighted by Crippen LogP contribution is 2.32. The summed E-state index contributed by atoms with van der Waals surface area (Å²) in [6.07, 6.45) is 9.72. The van der Waals surface area contributed by atoms with E-state index in [0.29, 0.717) is 5.92 Å². The molecule has 0 bridgehead atoms. The number of rotatable bonds is 2. The van der Waals surface area contributed by atoms with E-state index in [4.69, 9.17) is 5.73 Å². The molecule has 1 heteroatoms. The van der Waals surface area contributed by atoms with E-state index in [1.807, 2.05) is 0 Å². The molecular formula is C22H19N. The second-order valence-corrected chi connectivity index (χ2v) is 6.11. The molecule has 112 valence electrons. The van der Waals surface area contributed by atoms with Crippen molar-refractivity contribution in [1.29, 1.82) is 0 Å². The number of nitrogens with two attached hydrogens (primary N) is 1. The molecule has 0 spiro atoms. The van der Waals surface area contributed by atoms with Gasteiger partial charge in [-0.05, 0) is 52.1 Å². The van der Waals surface area contributed by atoms with Gasteiger partial charge in [0.05, 0.1) is 0 Å². The van der Waals surface area contributed by atoms with Crippen LogP contribution in [0.3, 0.4) is 0 Å². The number of hydrogen-bond acceptors (Lipinski definition) is 1. The van der Waals surface area contributed by atoms with Crippen LogP contribution in [0.25, 0.3) is 21.9 Å². The van der Waals surface area contributed by atoms with Crippen molar-refractivity contribution >= 4 is 16.5 Å². The second kappa shape index (κ2) is 5.77. The first-order valence-corrected chi connectivity index (χ1v) is 8.02. The predicted octanol–water partition coefficient (Wildman–Crippen LogP) is 5.69. The van der Waals surface area contributed by atoms with E-state index in [-0.39, 0.29) is 0 Å². The Morgan fingerprint density at radius 3 is 2.48 bits per heavy atom. The van der Waals surface area contributed by atoms with Gasteiger partial charge in [-0.25, -0.2) is 0 Å². The maximum Gasteiger partial charge on any atom is 0.0323 e. The molecule has 1 unspecified atom stereocenters. The van der Waals surface area contributed by atoms with E-state index in [1.54, 1.807) is 0 Å². The lowest BCUT2D eigenvalue weighted by atomic mass is 9.89. The van der Waals surface area contributed by atoms with E-state index in [2.05, 4.69) is 85.0 Å². The quantitative estimate of drug-likeness (QED) is 0.604. The second-order valence-electron chi connectivity index (χ2n) is 6.11. The highest BCUT2D eigenvalue weighted by molar-refractivity contribution is 5.87. The van der Waals surface area contributed by atoms with Gasteiger partial charge in [0.25, 0.3) is 0 Å². The normalized spacial score (nSPS) is 16.8. The number of fused-ring (bicyclic) bond motifs is 1. The van der Waals surface area contributed by atoms with Gasteiger partial charge in [-0.1, -0.05) is 66.8 Å². The molecule has 0 saturated carbocycles. The van der Waals surface area contributed by atoms with Gasteiger partial charge in [0.2, 0.25) is 0 Å². The molecule has 2 N–H and O–H groups in total. The summed E-state index contributed by atoms with van der Waals surface area (Å²) >= 11 is 0. The molecule has 0 aromatic heterocycles. The summed E-state index contributed by atoms with van der Waals surface area (Å²) in [5.41, 5.74) is 10.7. The molecule has 0 amide bonds. The first-order valence-electron chi connectivity index (χ1n) is 8.02. The van der Waals surface area contributed by atoms with Crippen molar-refractivity contribution in [2.75, 3.05) is 5.73 Å². The zero-order valence-corrected chi connectivity index (χ0v) is 12.9. The monoisotopic (exact) mass is 297 g/mol. The SMILES string of the molecule is Nc1cc(-c2ccc3ccccc3c2)cc(C2C=CC=CC2)c1. The van der Waals surface area contributed by atoms with Gasteiger partial charge < -0.3 is 5.73 Å². The Morgan fingerprint density at radius 1 is 0.783 bits per heavy atom. The number of allylic oxidation sites excluding steroid dienone is 4. The van der Waals surface area contributed by atoms with Crippen molar-refractivity contribution in [3.63, 3.8) is 0 Å². The van der Waals surface area contributed by atoms with Crippen molar-refractivity contribution < 1.29 is 0 Å². The molecule has 1 nitrogen and oxygen atoms in total. The van der Waals surface area contributed by atoms with E-state index in [9.17, 15) is 0 Å². The fraction of sp³-hybridized carbons (Fsp3) is 0.0909. The van der Waals surface area contributed by atoms with E-state index in [0.717, 1.165) is 12.1 Å². The largest absolute Gasteiger partial charge is 0.399 e. The van der Waals surface area contributed by atoms with E-state index < -0.39 is 0 Å². The van der Waals surface area contributed by atoms with Crippen LogP contribution in [0.1, 0.15) is 17.9 Å². The summed E-state index contributed by atoms with van der Waals surface area (Å²) in [6.45, 7) is 0. The molecule has 1 atom stereocenters. The summed E-state index contributed by atoms with van der Waals surface area (Å²) in [4.78, 5) is 0. The minimum atomic E-state index is 0.419. The topological polar surface area (TPSA) is 26.0 Å². The van der Waals surface area contributed by atoms with Gasteiger partial charge in [0, 0.05) is 11.6 Å². The summed E-state index contributed by atoms with van der Waals surface area (Å²) in [5, 5.41) is 2.52. The van der Waals surface area contributed by atoms with Crippen LogP contribution in [-0.2, 0) is 0 Å². The lowest BCUT2D eigenvalue weighted by Crippen LogP contribution is -1.98. The van der Waals surface area contributed by atoms with Crippen LogP contribution in [0.4, 0.5) is 5.69 Å². The molecule has 0 saturated heterocycles. The molecule has 3 aromatic carbocycles. The highest BCUT2D eigenvalue weighted by atomic mass is 14.5. The lowest BCUT2D eigenvalue weighted by Gasteiger charge is -2.16. The molecule has 4 rings (SSSR count). The van der Waals surface area contributed by atoms with Crippen molar-refractivity contribution in [2.24, 2.45) is 0 Å². The molecule has 1 aliphatic rings. The molecule has 0 radical (unpaired) electrons. The average molecular weight is 297 g/mol. The molecule has 0 fully saturated rings. The van der Waals surface area contributed by atoms with E-state index in [1.165, 1.54) is 27.5 Å². The van der Waals surface area contributed by atoms with Crippen LogP contribution in [-0.4, -0.2) is 0 Å².